The van der Waals surface area contributed by atoms with Gasteiger partial charge >= 0.3 is 0 Å². The molecule has 0 aliphatic rings. The van der Waals surface area contributed by atoms with Gasteiger partial charge in [-0.1, -0.05) is 11.6 Å². The lowest BCUT2D eigenvalue weighted by atomic mass is 10.3. The van der Waals surface area contributed by atoms with Crippen molar-refractivity contribution in [2.45, 2.75) is 26.9 Å². The average Bonchev–Trinajstić information content (AvgIpc) is 3.01. The van der Waals surface area contributed by atoms with Crippen LogP contribution in [0.15, 0.2) is 18.5 Å². The van der Waals surface area contributed by atoms with Gasteiger partial charge in [-0.05, 0) is 19.9 Å². The van der Waals surface area contributed by atoms with Crippen LogP contribution in [0.4, 0.5) is 5.69 Å². The fourth-order valence-electron chi connectivity index (χ4n) is 1.97. The van der Waals surface area contributed by atoms with Crippen molar-refractivity contribution in [3.63, 3.8) is 0 Å². The fraction of sp³-hybridized carbons (Fsp3) is 0.308. The van der Waals surface area contributed by atoms with Gasteiger partial charge in [0.05, 0.1) is 10.7 Å². The number of hydrogen-bond donors (Lipinski definition) is 2. The van der Waals surface area contributed by atoms with Crippen molar-refractivity contribution >= 4 is 29.1 Å². The maximum Gasteiger partial charge on any atom is 0.272 e. The van der Waals surface area contributed by atoms with Crippen LogP contribution in [0, 0.1) is 0 Å². The number of rotatable bonds is 5. The molecule has 2 aromatic rings. The van der Waals surface area contributed by atoms with Gasteiger partial charge in [-0.2, -0.15) is 5.10 Å². The lowest BCUT2D eigenvalue weighted by Crippen LogP contribution is -2.19. The second-order valence-electron chi connectivity index (χ2n) is 4.40. The number of amides is 2. The molecule has 0 bridgehead atoms. The standard InChI is InChI=1S/C13H16ClN5O2/c1-3-18-6-8(14)5-10(18)13(21)16-9-7-19(4-2)17-11(9)12(15)20/h5-7H,3-4H2,1-2H3,(H2,15,20)(H,16,21). The van der Waals surface area contributed by atoms with E-state index in [9.17, 15) is 9.59 Å². The number of carbonyl (C=O) groups is 2. The largest absolute Gasteiger partial charge is 0.364 e. The fourth-order valence-corrected chi connectivity index (χ4v) is 2.19. The number of halogens is 1. The molecule has 0 fully saturated rings. The Hall–Kier alpha value is -2.28. The number of anilines is 1. The summed E-state index contributed by atoms with van der Waals surface area (Å²) in [5.74, 6) is -1.07. The maximum absolute atomic E-state index is 12.3. The number of nitrogens with two attached hydrogens (primary N) is 1. The van der Waals surface area contributed by atoms with Gasteiger partial charge in [0.25, 0.3) is 11.8 Å². The minimum Gasteiger partial charge on any atom is -0.364 e. The van der Waals surface area contributed by atoms with E-state index in [1.54, 1.807) is 23.0 Å². The molecular formula is C13H16ClN5O2. The van der Waals surface area contributed by atoms with Crippen molar-refractivity contribution in [1.82, 2.24) is 14.3 Å². The van der Waals surface area contributed by atoms with E-state index in [1.165, 1.54) is 4.68 Å². The highest BCUT2D eigenvalue weighted by molar-refractivity contribution is 6.31. The minimum atomic E-state index is -0.693. The van der Waals surface area contributed by atoms with E-state index in [0.717, 1.165) is 0 Å². The molecule has 0 aliphatic carbocycles. The zero-order valence-corrected chi connectivity index (χ0v) is 12.5. The van der Waals surface area contributed by atoms with Crippen molar-refractivity contribution < 1.29 is 9.59 Å². The van der Waals surface area contributed by atoms with E-state index in [4.69, 9.17) is 17.3 Å². The molecule has 8 heteroatoms. The molecule has 3 N–H and O–H groups in total. The summed E-state index contributed by atoms with van der Waals surface area (Å²) in [6.45, 7) is 4.93. The Bertz CT molecular complexity index is 689. The van der Waals surface area contributed by atoms with Gasteiger partial charge in [-0.3, -0.25) is 14.3 Å². The summed E-state index contributed by atoms with van der Waals surface area (Å²) in [7, 11) is 0. The van der Waals surface area contributed by atoms with Gasteiger partial charge in [0.1, 0.15) is 5.69 Å². The van der Waals surface area contributed by atoms with Crippen LogP contribution in [-0.4, -0.2) is 26.2 Å². The first-order valence-electron chi connectivity index (χ1n) is 6.50. The Labute approximate surface area is 126 Å². The lowest BCUT2D eigenvalue weighted by molar-refractivity contribution is 0.0995. The maximum atomic E-state index is 12.3. The topological polar surface area (TPSA) is 94.9 Å². The number of nitrogens with zero attached hydrogens (tertiary/aromatic N) is 3. The molecular weight excluding hydrogens is 294 g/mol. The molecule has 2 rings (SSSR count). The summed E-state index contributed by atoms with van der Waals surface area (Å²) in [4.78, 5) is 23.7. The number of primary amides is 1. The molecule has 0 aliphatic heterocycles. The first-order chi connectivity index (χ1) is 9.96. The minimum absolute atomic E-state index is 0.0332. The highest BCUT2D eigenvalue weighted by Gasteiger charge is 2.19. The Balaban J connectivity index is 2.31. The summed E-state index contributed by atoms with van der Waals surface area (Å²) < 4.78 is 3.24. The third kappa shape index (κ3) is 3.08. The number of carbonyl (C=O) groups excluding carboxylic acids is 2. The van der Waals surface area contributed by atoms with Gasteiger partial charge in [0.2, 0.25) is 0 Å². The van der Waals surface area contributed by atoms with Crippen LogP contribution in [0.5, 0.6) is 0 Å². The highest BCUT2D eigenvalue weighted by Crippen LogP contribution is 2.18. The van der Waals surface area contributed by atoms with Crippen LogP contribution < -0.4 is 11.1 Å². The number of nitrogens with one attached hydrogen (secondary N) is 1. The molecule has 2 heterocycles. The number of aryl methyl sites for hydroxylation is 2. The zero-order valence-electron chi connectivity index (χ0n) is 11.8. The Morgan fingerprint density at radius 3 is 2.62 bits per heavy atom. The van der Waals surface area contributed by atoms with Crippen LogP contribution in [0.3, 0.4) is 0 Å². The smallest absolute Gasteiger partial charge is 0.272 e. The number of hydrogen-bond acceptors (Lipinski definition) is 3. The monoisotopic (exact) mass is 309 g/mol. The summed E-state index contributed by atoms with van der Waals surface area (Å²) >= 11 is 5.91. The predicted octanol–water partition coefficient (Wildman–Crippen LogP) is 1.73. The average molecular weight is 310 g/mol. The van der Waals surface area contributed by atoms with E-state index >= 15 is 0 Å². The molecule has 0 saturated carbocycles. The van der Waals surface area contributed by atoms with E-state index in [2.05, 4.69) is 10.4 Å². The second-order valence-corrected chi connectivity index (χ2v) is 4.83. The molecule has 7 nitrogen and oxygen atoms in total. The third-order valence-corrected chi connectivity index (χ3v) is 3.21. The third-order valence-electron chi connectivity index (χ3n) is 3.00. The first-order valence-corrected chi connectivity index (χ1v) is 6.88. The molecule has 0 unspecified atom stereocenters. The SMILES string of the molecule is CCn1cc(NC(=O)c2cc(Cl)cn2CC)c(C(N)=O)n1. The molecule has 2 aromatic heterocycles. The van der Waals surface area contributed by atoms with Crippen LogP contribution in [0.2, 0.25) is 5.02 Å². The van der Waals surface area contributed by atoms with Gasteiger partial charge in [0, 0.05) is 25.5 Å². The van der Waals surface area contributed by atoms with Gasteiger partial charge in [-0.25, -0.2) is 0 Å². The van der Waals surface area contributed by atoms with Gasteiger partial charge in [0.15, 0.2) is 5.69 Å². The van der Waals surface area contributed by atoms with Crippen molar-refractivity contribution in [2.75, 3.05) is 5.32 Å². The molecule has 0 radical (unpaired) electrons. The molecule has 112 valence electrons. The molecule has 21 heavy (non-hydrogen) atoms. The summed E-state index contributed by atoms with van der Waals surface area (Å²) in [6, 6.07) is 1.56. The van der Waals surface area contributed by atoms with E-state index in [0.29, 0.717) is 23.8 Å². The van der Waals surface area contributed by atoms with Crippen molar-refractivity contribution in [2.24, 2.45) is 5.73 Å². The Morgan fingerprint density at radius 1 is 1.33 bits per heavy atom. The van der Waals surface area contributed by atoms with Gasteiger partial charge < -0.3 is 15.6 Å². The van der Waals surface area contributed by atoms with E-state index in [-0.39, 0.29) is 17.3 Å². The Kier molecular flexibility index (Phi) is 4.32. The van der Waals surface area contributed by atoms with Crippen molar-refractivity contribution in [3.8, 4) is 0 Å². The molecule has 2 amide bonds. The Morgan fingerprint density at radius 2 is 2.05 bits per heavy atom. The van der Waals surface area contributed by atoms with E-state index in [1.807, 2.05) is 13.8 Å². The van der Waals surface area contributed by atoms with Crippen LogP contribution in [0.1, 0.15) is 34.8 Å². The zero-order chi connectivity index (χ0) is 15.6. The molecule has 0 saturated heterocycles. The number of aromatic nitrogens is 3. The lowest BCUT2D eigenvalue weighted by Gasteiger charge is -2.06. The quantitative estimate of drug-likeness (QED) is 0.880. The highest BCUT2D eigenvalue weighted by atomic mass is 35.5. The summed E-state index contributed by atoms with van der Waals surface area (Å²) in [5.41, 5.74) is 5.99. The van der Waals surface area contributed by atoms with Gasteiger partial charge in [-0.15, -0.1) is 0 Å². The van der Waals surface area contributed by atoms with E-state index < -0.39 is 5.91 Å². The van der Waals surface area contributed by atoms with Crippen LogP contribution >= 0.6 is 11.6 Å². The van der Waals surface area contributed by atoms with Crippen molar-refractivity contribution in [3.05, 3.63) is 34.9 Å². The summed E-state index contributed by atoms with van der Waals surface area (Å²) in [5, 5.41) is 7.14. The van der Waals surface area contributed by atoms with Crippen LogP contribution in [-0.2, 0) is 13.1 Å². The van der Waals surface area contributed by atoms with Crippen molar-refractivity contribution in [1.29, 1.82) is 0 Å². The van der Waals surface area contributed by atoms with Crippen LogP contribution in [0.25, 0.3) is 0 Å². The molecule has 0 atom stereocenters. The molecule has 0 spiro atoms. The predicted molar refractivity (Wildman–Crippen MR) is 79.5 cm³/mol. The first kappa shape index (κ1) is 15.1. The second kappa shape index (κ2) is 6.01. The molecule has 0 aromatic carbocycles. The summed E-state index contributed by atoms with van der Waals surface area (Å²) in [6.07, 6.45) is 3.24. The normalized spacial score (nSPS) is 10.6.